The molecule has 1 N–H and O–H groups in total. The number of carbonyl (C=O) groups excluding carboxylic acids is 1. The molecule has 1 aliphatic rings. The first kappa shape index (κ1) is 13.8. The SMILES string of the molecule is CCCNC(=O)c1nc(N2CCCC2)c2cnn(C)c2n1. The zero-order valence-electron chi connectivity index (χ0n) is 12.5. The number of nitrogens with one attached hydrogen (secondary N) is 1. The van der Waals surface area contributed by atoms with Crippen molar-refractivity contribution in [2.24, 2.45) is 7.05 Å². The van der Waals surface area contributed by atoms with Crippen molar-refractivity contribution in [3.63, 3.8) is 0 Å². The molecule has 0 spiro atoms. The molecule has 112 valence electrons. The van der Waals surface area contributed by atoms with Crippen molar-refractivity contribution in [3.8, 4) is 0 Å². The Labute approximate surface area is 123 Å². The fourth-order valence-electron chi connectivity index (χ4n) is 2.60. The van der Waals surface area contributed by atoms with Gasteiger partial charge in [0.1, 0.15) is 5.82 Å². The monoisotopic (exact) mass is 288 g/mol. The maximum Gasteiger partial charge on any atom is 0.289 e. The molecule has 1 aliphatic heterocycles. The van der Waals surface area contributed by atoms with Crippen LogP contribution >= 0.6 is 0 Å². The van der Waals surface area contributed by atoms with Gasteiger partial charge in [0.15, 0.2) is 5.65 Å². The Balaban J connectivity index is 2.05. The molecule has 3 rings (SSSR count). The minimum absolute atomic E-state index is 0.222. The van der Waals surface area contributed by atoms with E-state index in [-0.39, 0.29) is 11.7 Å². The third-order valence-electron chi connectivity index (χ3n) is 3.72. The van der Waals surface area contributed by atoms with Gasteiger partial charge in [0, 0.05) is 26.7 Å². The van der Waals surface area contributed by atoms with Crippen LogP contribution in [0, 0.1) is 0 Å². The van der Waals surface area contributed by atoms with Gasteiger partial charge in [-0.3, -0.25) is 9.48 Å². The van der Waals surface area contributed by atoms with E-state index in [9.17, 15) is 4.79 Å². The van der Waals surface area contributed by atoms with Gasteiger partial charge in [0.25, 0.3) is 5.91 Å². The van der Waals surface area contributed by atoms with Gasteiger partial charge in [-0.05, 0) is 19.3 Å². The van der Waals surface area contributed by atoms with Crippen LogP contribution in [0.1, 0.15) is 36.8 Å². The van der Waals surface area contributed by atoms with E-state index in [1.807, 2.05) is 14.0 Å². The van der Waals surface area contributed by atoms with Crippen LogP contribution in [0.4, 0.5) is 5.82 Å². The highest BCUT2D eigenvalue weighted by molar-refractivity contribution is 5.95. The molecule has 0 radical (unpaired) electrons. The fraction of sp³-hybridized carbons (Fsp3) is 0.571. The molecule has 0 bridgehead atoms. The number of nitrogens with zero attached hydrogens (tertiary/aromatic N) is 5. The summed E-state index contributed by atoms with van der Waals surface area (Å²) in [7, 11) is 1.83. The van der Waals surface area contributed by atoms with E-state index < -0.39 is 0 Å². The summed E-state index contributed by atoms with van der Waals surface area (Å²) in [4.78, 5) is 23.2. The van der Waals surface area contributed by atoms with Crippen molar-refractivity contribution < 1.29 is 4.79 Å². The predicted molar refractivity (Wildman–Crippen MR) is 80.4 cm³/mol. The maximum atomic E-state index is 12.2. The first-order chi connectivity index (χ1) is 10.2. The number of carbonyl (C=O) groups is 1. The Hall–Kier alpha value is -2.18. The maximum absolute atomic E-state index is 12.2. The summed E-state index contributed by atoms with van der Waals surface area (Å²) in [5.74, 6) is 0.828. The molecule has 3 heterocycles. The summed E-state index contributed by atoms with van der Waals surface area (Å²) in [6, 6.07) is 0. The molecule has 0 saturated carbocycles. The van der Waals surface area contributed by atoms with Crippen LogP contribution in [-0.2, 0) is 7.05 Å². The fourth-order valence-corrected chi connectivity index (χ4v) is 2.60. The predicted octanol–water partition coefficient (Wildman–Crippen LogP) is 1.10. The molecule has 2 aromatic rings. The average Bonchev–Trinajstić information content (AvgIpc) is 3.14. The van der Waals surface area contributed by atoms with Crippen LogP contribution in [0.25, 0.3) is 11.0 Å². The highest BCUT2D eigenvalue weighted by Crippen LogP contribution is 2.26. The number of fused-ring (bicyclic) bond motifs is 1. The van der Waals surface area contributed by atoms with Crippen molar-refractivity contribution >= 4 is 22.8 Å². The van der Waals surface area contributed by atoms with E-state index in [2.05, 4.69) is 25.3 Å². The first-order valence-electron chi connectivity index (χ1n) is 7.43. The number of hydrogen-bond donors (Lipinski definition) is 1. The van der Waals surface area contributed by atoms with E-state index in [0.29, 0.717) is 12.2 Å². The number of rotatable bonds is 4. The molecule has 2 aromatic heterocycles. The number of anilines is 1. The number of amides is 1. The zero-order chi connectivity index (χ0) is 14.8. The molecule has 0 aliphatic carbocycles. The van der Waals surface area contributed by atoms with E-state index in [1.54, 1.807) is 10.9 Å². The second-order valence-electron chi connectivity index (χ2n) is 5.33. The molecule has 1 fully saturated rings. The Bertz CT molecular complexity index is 659. The quantitative estimate of drug-likeness (QED) is 0.912. The average molecular weight is 288 g/mol. The second kappa shape index (κ2) is 5.67. The van der Waals surface area contributed by atoms with Crippen molar-refractivity contribution in [2.75, 3.05) is 24.5 Å². The zero-order valence-corrected chi connectivity index (χ0v) is 12.5. The summed E-state index contributed by atoms with van der Waals surface area (Å²) in [6.45, 7) is 4.58. The van der Waals surface area contributed by atoms with Crippen LogP contribution < -0.4 is 10.2 Å². The molecule has 0 unspecified atom stereocenters. The Morgan fingerprint density at radius 3 is 2.81 bits per heavy atom. The lowest BCUT2D eigenvalue weighted by Gasteiger charge is -2.17. The molecule has 1 saturated heterocycles. The normalized spacial score (nSPS) is 14.9. The van der Waals surface area contributed by atoms with Crippen LogP contribution in [0.15, 0.2) is 6.20 Å². The summed E-state index contributed by atoms with van der Waals surface area (Å²) in [5.41, 5.74) is 0.702. The largest absolute Gasteiger partial charge is 0.356 e. The summed E-state index contributed by atoms with van der Waals surface area (Å²) in [6.07, 6.45) is 4.97. The Morgan fingerprint density at radius 1 is 1.33 bits per heavy atom. The third-order valence-corrected chi connectivity index (χ3v) is 3.72. The van der Waals surface area contributed by atoms with Crippen molar-refractivity contribution in [2.45, 2.75) is 26.2 Å². The third kappa shape index (κ3) is 2.55. The Kier molecular flexibility index (Phi) is 3.72. The summed E-state index contributed by atoms with van der Waals surface area (Å²) >= 11 is 0. The summed E-state index contributed by atoms with van der Waals surface area (Å²) < 4.78 is 1.69. The molecule has 0 aromatic carbocycles. The minimum Gasteiger partial charge on any atom is -0.356 e. The standard InChI is InChI=1S/C14H20N6O/c1-3-6-15-14(21)11-17-12-10(9-16-19(12)2)13(18-11)20-7-4-5-8-20/h9H,3-8H2,1-2H3,(H,15,21). The molecule has 7 heteroatoms. The van der Waals surface area contributed by atoms with Gasteiger partial charge in [-0.2, -0.15) is 5.10 Å². The minimum atomic E-state index is -0.222. The smallest absolute Gasteiger partial charge is 0.289 e. The molecular weight excluding hydrogens is 268 g/mol. The van der Waals surface area contributed by atoms with Gasteiger partial charge in [-0.1, -0.05) is 6.92 Å². The topological polar surface area (TPSA) is 75.9 Å². The molecule has 7 nitrogen and oxygen atoms in total. The van der Waals surface area contributed by atoms with Gasteiger partial charge in [-0.15, -0.1) is 0 Å². The number of aromatic nitrogens is 4. The van der Waals surface area contributed by atoms with Crippen LogP contribution in [0.3, 0.4) is 0 Å². The lowest BCUT2D eigenvalue weighted by molar-refractivity contribution is 0.0943. The molecule has 1 amide bonds. The molecule has 0 atom stereocenters. The van der Waals surface area contributed by atoms with E-state index in [0.717, 1.165) is 43.6 Å². The van der Waals surface area contributed by atoms with Gasteiger partial charge in [0.2, 0.25) is 5.82 Å². The van der Waals surface area contributed by atoms with Gasteiger partial charge in [0.05, 0.1) is 11.6 Å². The molecular formula is C14H20N6O. The Morgan fingerprint density at radius 2 is 2.10 bits per heavy atom. The van der Waals surface area contributed by atoms with E-state index in [4.69, 9.17) is 0 Å². The molecule has 21 heavy (non-hydrogen) atoms. The van der Waals surface area contributed by atoms with Crippen LogP contribution in [0.5, 0.6) is 0 Å². The van der Waals surface area contributed by atoms with Crippen molar-refractivity contribution in [1.82, 2.24) is 25.1 Å². The van der Waals surface area contributed by atoms with Crippen molar-refractivity contribution in [3.05, 3.63) is 12.0 Å². The van der Waals surface area contributed by atoms with E-state index >= 15 is 0 Å². The lowest BCUT2D eigenvalue weighted by atomic mass is 10.3. The van der Waals surface area contributed by atoms with E-state index in [1.165, 1.54) is 0 Å². The number of hydrogen-bond acceptors (Lipinski definition) is 5. The van der Waals surface area contributed by atoms with Crippen LogP contribution in [-0.4, -0.2) is 45.3 Å². The van der Waals surface area contributed by atoms with Crippen molar-refractivity contribution in [1.29, 1.82) is 0 Å². The van der Waals surface area contributed by atoms with Gasteiger partial charge < -0.3 is 10.2 Å². The second-order valence-corrected chi connectivity index (χ2v) is 5.33. The highest BCUT2D eigenvalue weighted by Gasteiger charge is 2.22. The van der Waals surface area contributed by atoms with Crippen LogP contribution in [0.2, 0.25) is 0 Å². The highest BCUT2D eigenvalue weighted by atomic mass is 16.2. The first-order valence-corrected chi connectivity index (χ1v) is 7.43. The summed E-state index contributed by atoms with van der Waals surface area (Å²) in [5, 5.41) is 7.99. The van der Waals surface area contributed by atoms with Gasteiger partial charge >= 0.3 is 0 Å². The van der Waals surface area contributed by atoms with Gasteiger partial charge in [-0.25, -0.2) is 9.97 Å². The lowest BCUT2D eigenvalue weighted by Crippen LogP contribution is -2.28. The number of aryl methyl sites for hydroxylation is 1.